The van der Waals surface area contributed by atoms with Crippen molar-refractivity contribution in [2.45, 2.75) is 64.1 Å². The molecule has 0 amide bonds. The van der Waals surface area contributed by atoms with Crippen molar-refractivity contribution in [3.05, 3.63) is 23.3 Å². The smallest absolute Gasteiger partial charge is 0.150 e. The van der Waals surface area contributed by atoms with Gasteiger partial charge < -0.3 is 9.88 Å². The summed E-state index contributed by atoms with van der Waals surface area (Å²) in [5.41, 5.74) is 0. The third-order valence-electron chi connectivity index (χ3n) is 4.71. The molecule has 0 radical (unpaired) electrons. The molecule has 1 aliphatic carbocycles. The first-order chi connectivity index (χ1) is 10.7. The van der Waals surface area contributed by atoms with Gasteiger partial charge in [0.2, 0.25) is 0 Å². The maximum Gasteiger partial charge on any atom is 0.150 e. The van der Waals surface area contributed by atoms with E-state index in [1.165, 1.54) is 12.8 Å². The molecule has 7 nitrogen and oxygen atoms in total. The van der Waals surface area contributed by atoms with Gasteiger partial charge in [-0.3, -0.25) is 0 Å². The van der Waals surface area contributed by atoms with Crippen LogP contribution >= 0.6 is 0 Å². The minimum absolute atomic E-state index is 0.431. The molecule has 0 unspecified atom stereocenters. The van der Waals surface area contributed by atoms with Gasteiger partial charge in [-0.25, -0.2) is 9.67 Å². The van der Waals surface area contributed by atoms with Crippen LogP contribution in [0.25, 0.3) is 0 Å². The van der Waals surface area contributed by atoms with Gasteiger partial charge in [-0.05, 0) is 19.3 Å². The van der Waals surface area contributed by atoms with Gasteiger partial charge >= 0.3 is 0 Å². The van der Waals surface area contributed by atoms with E-state index in [1.54, 1.807) is 0 Å². The van der Waals surface area contributed by atoms with Crippen molar-refractivity contribution in [1.29, 1.82) is 0 Å². The van der Waals surface area contributed by atoms with Crippen molar-refractivity contribution in [2.75, 3.05) is 0 Å². The molecule has 0 spiro atoms. The Bertz CT molecular complexity index is 667. The van der Waals surface area contributed by atoms with Gasteiger partial charge in [0.1, 0.15) is 17.5 Å². The summed E-state index contributed by atoms with van der Waals surface area (Å²) >= 11 is 0. The molecule has 0 bridgehead atoms. The van der Waals surface area contributed by atoms with Gasteiger partial charge in [0.25, 0.3) is 0 Å². The predicted molar refractivity (Wildman–Crippen MR) is 81.3 cm³/mol. The summed E-state index contributed by atoms with van der Waals surface area (Å²) in [5, 5.41) is 16.8. The van der Waals surface area contributed by atoms with Gasteiger partial charge in [-0.2, -0.15) is 5.10 Å². The highest BCUT2D eigenvalue weighted by atomic mass is 15.4. The van der Waals surface area contributed by atoms with Crippen molar-refractivity contribution in [3.63, 3.8) is 0 Å². The van der Waals surface area contributed by atoms with Crippen molar-refractivity contribution in [3.8, 4) is 0 Å². The molecule has 3 heterocycles. The number of aryl methyl sites for hydroxylation is 2. The van der Waals surface area contributed by atoms with Crippen molar-refractivity contribution in [1.82, 2.24) is 34.8 Å². The van der Waals surface area contributed by atoms with Crippen LogP contribution in [0.4, 0.5) is 0 Å². The number of hydrogen-bond donors (Lipinski definition) is 1. The van der Waals surface area contributed by atoms with Crippen LogP contribution in [0.5, 0.6) is 0 Å². The van der Waals surface area contributed by atoms with E-state index >= 15 is 0 Å². The summed E-state index contributed by atoms with van der Waals surface area (Å²) in [6, 6.07) is 0.431. The molecule has 1 fully saturated rings. The van der Waals surface area contributed by atoms with Crippen LogP contribution in [-0.4, -0.2) is 35.6 Å². The Morgan fingerprint density at radius 3 is 2.86 bits per heavy atom. The van der Waals surface area contributed by atoms with Gasteiger partial charge in [-0.15, -0.1) is 10.2 Å². The Hall–Kier alpha value is -1.76. The molecular weight excluding hydrogens is 278 g/mol. The third kappa shape index (κ3) is 2.54. The van der Waals surface area contributed by atoms with E-state index < -0.39 is 0 Å². The van der Waals surface area contributed by atoms with Gasteiger partial charge in [0.15, 0.2) is 5.82 Å². The fraction of sp³-hybridized carbons (Fsp3) is 0.733. The van der Waals surface area contributed by atoms with Gasteiger partial charge in [0, 0.05) is 31.8 Å². The lowest BCUT2D eigenvalue weighted by Crippen LogP contribution is -2.38. The number of hydrogen-bond acceptors (Lipinski definition) is 5. The quantitative estimate of drug-likeness (QED) is 0.890. The molecule has 0 aromatic carbocycles. The summed E-state index contributed by atoms with van der Waals surface area (Å²) in [6.07, 6.45) is 5.53. The molecule has 1 N–H and O–H groups in total. The maximum atomic E-state index is 4.56. The predicted octanol–water partition coefficient (Wildman–Crippen LogP) is 0.951. The molecule has 118 valence electrons. The van der Waals surface area contributed by atoms with Crippen molar-refractivity contribution < 1.29 is 0 Å². The lowest BCUT2D eigenvalue weighted by Gasteiger charge is -2.23. The Morgan fingerprint density at radius 1 is 1.23 bits per heavy atom. The van der Waals surface area contributed by atoms with Crippen LogP contribution in [0.1, 0.15) is 55.4 Å². The Labute approximate surface area is 130 Å². The second-order valence-corrected chi connectivity index (χ2v) is 6.40. The first-order valence-electron chi connectivity index (χ1n) is 8.28. The van der Waals surface area contributed by atoms with Crippen molar-refractivity contribution in [2.24, 2.45) is 7.05 Å². The normalized spacial score (nSPS) is 21.1. The molecule has 22 heavy (non-hydrogen) atoms. The maximum absolute atomic E-state index is 4.56. The molecule has 1 atom stereocenters. The molecular formula is C15H23N7. The van der Waals surface area contributed by atoms with Crippen LogP contribution < -0.4 is 5.32 Å². The van der Waals surface area contributed by atoms with Crippen LogP contribution in [0.2, 0.25) is 0 Å². The van der Waals surface area contributed by atoms with E-state index in [4.69, 9.17) is 0 Å². The molecule has 2 aliphatic rings. The molecule has 1 aliphatic heterocycles. The molecule has 2 aromatic heterocycles. The fourth-order valence-corrected chi connectivity index (χ4v) is 3.14. The monoisotopic (exact) mass is 301 g/mol. The Morgan fingerprint density at radius 2 is 2.09 bits per heavy atom. The summed E-state index contributed by atoms with van der Waals surface area (Å²) < 4.78 is 4.22. The molecule has 4 rings (SSSR count). The van der Waals surface area contributed by atoms with Crippen LogP contribution in [-0.2, 0) is 33.0 Å². The summed E-state index contributed by atoms with van der Waals surface area (Å²) in [7, 11) is 2.08. The average molecular weight is 301 g/mol. The van der Waals surface area contributed by atoms with E-state index in [-0.39, 0.29) is 0 Å². The topological polar surface area (TPSA) is 73.5 Å². The Balaban J connectivity index is 1.38. The first-order valence-corrected chi connectivity index (χ1v) is 8.28. The molecule has 2 aromatic rings. The second kappa shape index (κ2) is 5.46. The number of nitrogens with one attached hydrogen (secondary N) is 1. The SMILES string of the molecule is CCc1nc2n(n1)C[C@H](NCc1nnc(C3CC3)n1C)CC2. The standard InChI is InChI=1S/C15H23N7/c1-3-12-17-13-7-6-11(9-22(13)20-12)16-8-14-18-19-15(21(14)2)10-4-5-10/h10-11,16H,3-9H2,1-2H3/t11-/m1/s1. The fourth-order valence-electron chi connectivity index (χ4n) is 3.14. The van der Waals surface area contributed by atoms with Gasteiger partial charge in [-0.1, -0.05) is 6.92 Å². The highest BCUT2D eigenvalue weighted by molar-refractivity contribution is 5.08. The zero-order valence-corrected chi connectivity index (χ0v) is 13.3. The minimum atomic E-state index is 0.431. The summed E-state index contributed by atoms with van der Waals surface area (Å²) in [5.74, 6) is 4.90. The highest BCUT2D eigenvalue weighted by Crippen LogP contribution is 2.38. The van der Waals surface area contributed by atoms with Crippen molar-refractivity contribution >= 4 is 0 Å². The number of rotatable bonds is 5. The van der Waals surface area contributed by atoms with E-state index in [9.17, 15) is 0 Å². The Kier molecular flexibility index (Phi) is 3.44. The van der Waals surface area contributed by atoms with E-state index in [0.717, 1.165) is 55.6 Å². The first kappa shape index (κ1) is 13.9. The number of fused-ring (bicyclic) bond motifs is 1. The van der Waals surface area contributed by atoms with E-state index in [0.29, 0.717) is 12.0 Å². The minimum Gasteiger partial charge on any atom is -0.317 e. The average Bonchev–Trinajstić information content (AvgIpc) is 3.18. The molecule has 0 saturated heterocycles. The molecule has 7 heteroatoms. The van der Waals surface area contributed by atoms with E-state index in [2.05, 4.69) is 48.8 Å². The number of nitrogens with zero attached hydrogens (tertiary/aromatic N) is 6. The van der Waals surface area contributed by atoms with Gasteiger partial charge in [0.05, 0.1) is 13.1 Å². The van der Waals surface area contributed by atoms with Crippen LogP contribution in [0.3, 0.4) is 0 Å². The zero-order chi connectivity index (χ0) is 15.1. The molecule has 1 saturated carbocycles. The van der Waals surface area contributed by atoms with E-state index in [1.807, 2.05) is 0 Å². The lowest BCUT2D eigenvalue weighted by atomic mass is 10.1. The van der Waals surface area contributed by atoms with Crippen LogP contribution in [0.15, 0.2) is 0 Å². The zero-order valence-electron chi connectivity index (χ0n) is 13.3. The summed E-state index contributed by atoms with van der Waals surface area (Å²) in [6.45, 7) is 3.77. The highest BCUT2D eigenvalue weighted by Gasteiger charge is 2.29. The van der Waals surface area contributed by atoms with Crippen LogP contribution in [0, 0.1) is 0 Å². The largest absolute Gasteiger partial charge is 0.317 e. The number of aromatic nitrogens is 6. The summed E-state index contributed by atoms with van der Waals surface area (Å²) in [4.78, 5) is 4.56. The third-order valence-corrected chi connectivity index (χ3v) is 4.71. The lowest BCUT2D eigenvalue weighted by molar-refractivity contribution is 0.353. The second-order valence-electron chi connectivity index (χ2n) is 6.40.